The second kappa shape index (κ2) is 6.00. The highest BCUT2D eigenvalue weighted by molar-refractivity contribution is 5.30. The summed E-state index contributed by atoms with van der Waals surface area (Å²) in [6.45, 7) is 7.17. The summed E-state index contributed by atoms with van der Waals surface area (Å²) in [5, 5.41) is 13.0. The van der Waals surface area contributed by atoms with E-state index in [1.165, 1.54) is 0 Å². The standard InChI is InChI=1S/C11H21N5O/c12-11-9-13-16(10-11)6-5-14-1-3-15(4-2-14)7-8-17/h9-10,17H,1-8,12H2. The van der Waals surface area contributed by atoms with Gasteiger partial charge in [-0.3, -0.25) is 14.5 Å². The lowest BCUT2D eigenvalue weighted by molar-refractivity contribution is 0.109. The minimum atomic E-state index is 0.257. The smallest absolute Gasteiger partial charge is 0.0719 e. The molecule has 2 rings (SSSR count). The predicted octanol–water partition coefficient (Wildman–Crippen LogP) is -0.925. The summed E-state index contributed by atoms with van der Waals surface area (Å²) in [5.41, 5.74) is 6.33. The number of β-amino-alcohol motifs (C(OH)–C–C–N with tert-alkyl or cyclic N) is 1. The number of piperazine rings is 1. The second-order valence-corrected chi connectivity index (χ2v) is 4.44. The van der Waals surface area contributed by atoms with Crippen LogP contribution in [-0.2, 0) is 6.54 Å². The summed E-state index contributed by atoms with van der Waals surface area (Å²) < 4.78 is 1.88. The van der Waals surface area contributed by atoms with E-state index < -0.39 is 0 Å². The van der Waals surface area contributed by atoms with E-state index >= 15 is 0 Å². The molecule has 1 fully saturated rings. The maximum atomic E-state index is 8.86. The van der Waals surface area contributed by atoms with E-state index in [2.05, 4.69) is 14.9 Å². The highest BCUT2D eigenvalue weighted by Gasteiger charge is 2.15. The molecule has 6 heteroatoms. The summed E-state index contributed by atoms with van der Waals surface area (Å²) in [4.78, 5) is 4.72. The maximum Gasteiger partial charge on any atom is 0.0719 e. The van der Waals surface area contributed by atoms with Crippen molar-refractivity contribution < 1.29 is 5.11 Å². The van der Waals surface area contributed by atoms with Gasteiger partial charge in [-0.25, -0.2) is 0 Å². The minimum Gasteiger partial charge on any atom is -0.396 e. The number of nitrogen functional groups attached to an aromatic ring is 1. The first kappa shape index (κ1) is 12.3. The van der Waals surface area contributed by atoms with E-state index in [4.69, 9.17) is 10.8 Å². The Labute approximate surface area is 102 Å². The van der Waals surface area contributed by atoms with Gasteiger partial charge in [-0.05, 0) is 0 Å². The van der Waals surface area contributed by atoms with Gasteiger partial charge < -0.3 is 10.8 Å². The Hall–Kier alpha value is -1.11. The minimum absolute atomic E-state index is 0.257. The molecule has 1 aromatic heterocycles. The molecule has 1 aliphatic rings. The molecule has 1 aliphatic heterocycles. The molecule has 17 heavy (non-hydrogen) atoms. The summed E-state index contributed by atoms with van der Waals surface area (Å²) in [6, 6.07) is 0. The van der Waals surface area contributed by atoms with Gasteiger partial charge in [-0.2, -0.15) is 5.10 Å². The van der Waals surface area contributed by atoms with E-state index in [1.807, 2.05) is 10.9 Å². The zero-order chi connectivity index (χ0) is 12.1. The lowest BCUT2D eigenvalue weighted by atomic mass is 10.3. The molecule has 0 spiro atoms. The number of nitrogens with two attached hydrogens (primary N) is 1. The van der Waals surface area contributed by atoms with Crippen LogP contribution in [0.25, 0.3) is 0 Å². The molecule has 0 aromatic carbocycles. The normalized spacial score (nSPS) is 18.6. The first-order valence-electron chi connectivity index (χ1n) is 6.11. The van der Waals surface area contributed by atoms with Crippen LogP contribution in [0.1, 0.15) is 0 Å². The van der Waals surface area contributed by atoms with Crippen molar-refractivity contribution in [1.82, 2.24) is 19.6 Å². The molecule has 0 radical (unpaired) electrons. The van der Waals surface area contributed by atoms with Gasteiger partial charge in [0.25, 0.3) is 0 Å². The third kappa shape index (κ3) is 3.69. The van der Waals surface area contributed by atoms with Gasteiger partial charge in [0.1, 0.15) is 0 Å². The van der Waals surface area contributed by atoms with Crippen molar-refractivity contribution in [3.05, 3.63) is 12.4 Å². The molecule has 0 unspecified atom stereocenters. The average Bonchev–Trinajstić information content (AvgIpc) is 2.75. The Morgan fingerprint density at radius 2 is 1.76 bits per heavy atom. The number of rotatable bonds is 5. The van der Waals surface area contributed by atoms with Gasteiger partial charge in [0.2, 0.25) is 0 Å². The summed E-state index contributed by atoms with van der Waals surface area (Å²) in [5.74, 6) is 0. The number of aromatic nitrogens is 2. The SMILES string of the molecule is Nc1cnn(CCN2CCN(CCO)CC2)c1. The quantitative estimate of drug-likeness (QED) is 0.695. The maximum absolute atomic E-state index is 8.86. The lowest BCUT2D eigenvalue weighted by Gasteiger charge is -2.34. The van der Waals surface area contributed by atoms with E-state index in [1.54, 1.807) is 6.20 Å². The van der Waals surface area contributed by atoms with E-state index in [9.17, 15) is 0 Å². The fourth-order valence-electron chi connectivity index (χ4n) is 2.12. The summed E-state index contributed by atoms with van der Waals surface area (Å²) >= 11 is 0. The van der Waals surface area contributed by atoms with Crippen molar-refractivity contribution in [3.8, 4) is 0 Å². The van der Waals surface area contributed by atoms with Crippen LogP contribution in [0.5, 0.6) is 0 Å². The van der Waals surface area contributed by atoms with Crippen molar-refractivity contribution in [2.45, 2.75) is 6.54 Å². The van der Waals surface area contributed by atoms with Gasteiger partial charge in [0.15, 0.2) is 0 Å². The van der Waals surface area contributed by atoms with Gasteiger partial charge in [-0.15, -0.1) is 0 Å². The number of hydrogen-bond donors (Lipinski definition) is 2. The molecular formula is C11H21N5O. The van der Waals surface area contributed by atoms with Crippen LogP contribution >= 0.6 is 0 Å². The van der Waals surface area contributed by atoms with Crippen LogP contribution in [0.2, 0.25) is 0 Å². The molecule has 3 N–H and O–H groups in total. The largest absolute Gasteiger partial charge is 0.396 e. The van der Waals surface area contributed by atoms with Crippen molar-refractivity contribution >= 4 is 5.69 Å². The zero-order valence-corrected chi connectivity index (χ0v) is 10.1. The average molecular weight is 239 g/mol. The number of hydrogen-bond acceptors (Lipinski definition) is 5. The van der Waals surface area contributed by atoms with E-state index in [0.29, 0.717) is 0 Å². The van der Waals surface area contributed by atoms with Crippen LogP contribution < -0.4 is 5.73 Å². The second-order valence-electron chi connectivity index (χ2n) is 4.44. The van der Waals surface area contributed by atoms with Crippen molar-refractivity contribution in [1.29, 1.82) is 0 Å². The molecule has 0 atom stereocenters. The van der Waals surface area contributed by atoms with Crippen LogP contribution in [-0.4, -0.2) is 70.6 Å². The fourth-order valence-corrected chi connectivity index (χ4v) is 2.12. The van der Waals surface area contributed by atoms with Gasteiger partial charge in [-0.1, -0.05) is 0 Å². The highest BCUT2D eigenvalue weighted by atomic mass is 16.3. The predicted molar refractivity (Wildman–Crippen MR) is 66.6 cm³/mol. The molecule has 6 nitrogen and oxygen atoms in total. The third-order valence-corrected chi connectivity index (χ3v) is 3.18. The number of anilines is 1. The fraction of sp³-hybridized carbons (Fsp3) is 0.727. The van der Waals surface area contributed by atoms with Crippen molar-refractivity contribution in [3.63, 3.8) is 0 Å². The Morgan fingerprint density at radius 3 is 2.29 bits per heavy atom. The topological polar surface area (TPSA) is 70.5 Å². The number of aliphatic hydroxyl groups excluding tert-OH is 1. The van der Waals surface area contributed by atoms with Crippen LogP contribution in [0, 0.1) is 0 Å². The highest BCUT2D eigenvalue weighted by Crippen LogP contribution is 2.02. The Balaban J connectivity index is 1.68. The Morgan fingerprint density at radius 1 is 1.12 bits per heavy atom. The van der Waals surface area contributed by atoms with Gasteiger partial charge in [0.05, 0.1) is 25.0 Å². The molecule has 0 bridgehead atoms. The van der Waals surface area contributed by atoms with Crippen molar-refractivity contribution in [2.24, 2.45) is 0 Å². The first-order valence-corrected chi connectivity index (χ1v) is 6.11. The summed E-state index contributed by atoms with van der Waals surface area (Å²) in [7, 11) is 0. The van der Waals surface area contributed by atoms with Crippen LogP contribution in [0.4, 0.5) is 5.69 Å². The molecule has 1 aromatic rings. The molecule has 2 heterocycles. The summed E-state index contributed by atoms with van der Waals surface area (Å²) in [6.07, 6.45) is 3.54. The molecule has 0 amide bonds. The number of aliphatic hydroxyl groups is 1. The zero-order valence-electron chi connectivity index (χ0n) is 10.1. The molecule has 96 valence electrons. The van der Waals surface area contributed by atoms with Crippen molar-refractivity contribution in [2.75, 3.05) is 51.6 Å². The van der Waals surface area contributed by atoms with Crippen LogP contribution in [0.15, 0.2) is 12.4 Å². The molecule has 0 aliphatic carbocycles. The van der Waals surface area contributed by atoms with Gasteiger partial charge >= 0.3 is 0 Å². The van der Waals surface area contributed by atoms with E-state index in [-0.39, 0.29) is 6.61 Å². The monoisotopic (exact) mass is 239 g/mol. The molecule has 0 saturated carbocycles. The Bertz CT molecular complexity index is 332. The first-order chi connectivity index (χ1) is 8.28. The lowest BCUT2D eigenvalue weighted by Crippen LogP contribution is -2.47. The Kier molecular flexibility index (Phi) is 4.36. The number of nitrogens with zero attached hydrogens (tertiary/aromatic N) is 4. The van der Waals surface area contributed by atoms with E-state index in [0.717, 1.165) is 51.5 Å². The molecule has 1 saturated heterocycles. The van der Waals surface area contributed by atoms with Crippen LogP contribution in [0.3, 0.4) is 0 Å². The third-order valence-electron chi connectivity index (χ3n) is 3.18. The van der Waals surface area contributed by atoms with Gasteiger partial charge in [0, 0.05) is 45.5 Å². The molecular weight excluding hydrogens is 218 g/mol.